The monoisotopic (exact) mass is 459 g/mol. The molecule has 9 heteroatoms. The Morgan fingerprint density at radius 1 is 1.35 bits per heavy atom. The molecule has 34 heavy (non-hydrogen) atoms. The van der Waals surface area contributed by atoms with E-state index >= 15 is 0 Å². The summed E-state index contributed by atoms with van der Waals surface area (Å²) in [6.45, 7) is 6.01. The van der Waals surface area contributed by atoms with E-state index in [0.29, 0.717) is 30.3 Å². The van der Waals surface area contributed by atoms with Crippen molar-refractivity contribution in [3.8, 4) is 17.3 Å². The van der Waals surface area contributed by atoms with Gasteiger partial charge in [-0.2, -0.15) is 10.4 Å². The predicted octanol–water partition coefficient (Wildman–Crippen LogP) is 3.51. The van der Waals surface area contributed by atoms with Crippen LogP contribution in [0.25, 0.3) is 11.3 Å². The number of nitriles is 1. The van der Waals surface area contributed by atoms with Gasteiger partial charge in [-0.3, -0.25) is 0 Å². The molecule has 2 aliphatic heterocycles. The van der Waals surface area contributed by atoms with Crippen LogP contribution in [-0.2, 0) is 16.7 Å². The van der Waals surface area contributed by atoms with Crippen molar-refractivity contribution in [1.82, 2.24) is 19.7 Å². The molecule has 0 aliphatic carbocycles. The number of anilines is 3. The predicted molar refractivity (Wildman–Crippen MR) is 129 cm³/mol. The van der Waals surface area contributed by atoms with E-state index in [-0.39, 0.29) is 12.7 Å². The lowest BCUT2D eigenvalue weighted by molar-refractivity contribution is 0.00432. The van der Waals surface area contributed by atoms with Gasteiger partial charge in [-0.25, -0.2) is 14.6 Å². The summed E-state index contributed by atoms with van der Waals surface area (Å²) in [4.78, 5) is 9.13. The molecule has 3 N–H and O–H groups in total. The number of nitrogens with zero attached hydrogens (tertiary/aromatic N) is 5. The quantitative estimate of drug-likeness (QED) is 0.512. The Kier molecular flexibility index (Phi) is 5.94. The van der Waals surface area contributed by atoms with Gasteiger partial charge in [-0.15, -0.1) is 0 Å². The summed E-state index contributed by atoms with van der Waals surface area (Å²) in [5, 5.41) is 30.9. The van der Waals surface area contributed by atoms with Crippen molar-refractivity contribution >= 4 is 17.5 Å². The number of aromatic nitrogens is 4. The maximum Gasteiger partial charge on any atom is 0.228 e. The highest BCUT2D eigenvalue weighted by Gasteiger charge is 2.36. The first-order chi connectivity index (χ1) is 16.5. The van der Waals surface area contributed by atoms with Crippen molar-refractivity contribution in [2.45, 2.75) is 51.2 Å². The zero-order chi connectivity index (χ0) is 23.7. The molecule has 2 aliphatic rings. The molecule has 0 amide bonds. The molecule has 0 bridgehead atoms. The Balaban J connectivity index is 1.44. The average molecular weight is 460 g/mol. The number of aliphatic hydroxyl groups excluding tert-OH is 1. The summed E-state index contributed by atoms with van der Waals surface area (Å²) < 4.78 is 7.81. The molecule has 0 spiro atoms. The van der Waals surface area contributed by atoms with Gasteiger partial charge < -0.3 is 20.5 Å². The third-order valence-electron chi connectivity index (χ3n) is 6.66. The van der Waals surface area contributed by atoms with Gasteiger partial charge in [-0.05, 0) is 49.9 Å². The van der Waals surface area contributed by atoms with E-state index in [0.717, 1.165) is 47.8 Å². The van der Waals surface area contributed by atoms with E-state index in [1.54, 1.807) is 6.20 Å². The molecule has 2 atom stereocenters. The first-order valence-corrected chi connectivity index (χ1v) is 11.7. The van der Waals surface area contributed by atoms with E-state index in [9.17, 15) is 10.4 Å². The molecule has 5 rings (SSSR count). The van der Waals surface area contributed by atoms with Crippen LogP contribution in [-0.4, -0.2) is 50.7 Å². The molecule has 3 aromatic rings. The van der Waals surface area contributed by atoms with Crippen molar-refractivity contribution in [3.63, 3.8) is 0 Å². The third kappa shape index (κ3) is 4.22. The van der Waals surface area contributed by atoms with Crippen molar-refractivity contribution < 1.29 is 9.84 Å². The number of benzene rings is 1. The zero-order valence-electron chi connectivity index (χ0n) is 19.5. The van der Waals surface area contributed by atoms with E-state index in [1.807, 2.05) is 42.8 Å². The standard InChI is InChI=1S/C25H29N7O2/c1-16-9-22(32(31-16)13-19-5-3-4-8-34-19)30-24-27-7-6-21(29-24)17-10-18(12-26)23-20(11-17)25(2,15-33)14-28-23/h6-7,9-11,19,28,33H,3-5,8,13-15H2,1-2H3,(H,27,29,30). The topological polar surface area (TPSA) is 121 Å². The van der Waals surface area contributed by atoms with Crippen LogP contribution in [0.3, 0.4) is 0 Å². The van der Waals surface area contributed by atoms with E-state index in [4.69, 9.17) is 9.72 Å². The summed E-state index contributed by atoms with van der Waals surface area (Å²) in [5.41, 5.74) is 4.22. The summed E-state index contributed by atoms with van der Waals surface area (Å²) in [5.74, 6) is 1.26. The largest absolute Gasteiger partial charge is 0.395 e. The summed E-state index contributed by atoms with van der Waals surface area (Å²) in [7, 11) is 0. The van der Waals surface area contributed by atoms with Gasteiger partial charge >= 0.3 is 0 Å². The molecular formula is C25H29N7O2. The second-order valence-electron chi connectivity index (χ2n) is 9.36. The lowest BCUT2D eigenvalue weighted by atomic mass is 9.83. The highest BCUT2D eigenvalue weighted by molar-refractivity contribution is 5.76. The normalized spacial score (nSPS) is 21.5. The number of aliphatic hydroxyl groups is 1. The van der Waals surface area contributed by atoms with Gasteiger partial charge in [0.25, 0.3) is 0 Å². The molecule has 1 saturated heterocycles. The number of nitrogens with one attached hydrogen (secondary N) is 2. The number of hydrogen-bond acceptors (Lipinski definition) is 8. The smallest absolute Gasteiger partial charge is 0.228 e. The van der Waals surface area contributed by atoms with Gasteiger partial charge in [0.05, 0.1) is 41.9 Å². The van der Waals surface area contributed by atoms with Crippen molar-refractivity contribution in [3.05, 3.63) is 47.3 Å². The fraction of sp³-hybridized carbons (Fsp3) is 0.440. The highest BCUT2D eigenvalue weighted by atomic mass is 16.5. The fourth-order valence-corrected chi connectivity index (χ4v) is 4.69. The molecule has 9 nitrogen and oxygen atoms in total. The van der Waals surface area contributed by atoms with Gasteiger partial charge in [-0.1, -0.05) is 6.92 Å². The summed E-state index contributed by atoms with van der Waals surface area (Å²) in [6.07, 6.45) is 5.18. The number of rotatable bonds is 6. The molecule has 2 unspecified atom stereocenters. The second kappa shape index (κ2) is 9.05. The molecule has 1 fully saturated rings. The molecule has 176 valence electrons. The van der Waals surface area contributed by atoms with Crippen molar-refractivity contribution in [2.75, 3.05) is 30.4 Å². The van der Waals surface area contributed by atoms with E-state index < -0.39 is 5.41 Å². The number of ether oxygens (including phenoxy) is 1. The minimum Gasteiger partial charge on any atom is -0.395 e. The van der Waals surface area contributed by atoms with Gasteiger partial charge in [0.1, 0.15) is 11.9 Å². The first kappa shape index (κ1) is 22.3. The number of aryl methyl sites for hydroxylation is 1. The Morgan fingerprint density at radius 2 is 2.24 bits per heavy atom. The van der Waals surface area contributed by atoms with Gasteiger partial charge in [0, 0.05) is 36.4 Å². The van der Waals surface area contributed by atoms with Crippen molar-refractivity contribution in [1.29, 1.82) is 5.26 Å². The Morgan fingerprint density at radius 3 is 3.00 bits per heavy atom. The summed E-state index contributed by atoms with van der Waals surface area (Å²) >= 11 is 0. The van der Waals surface area contributed by atoms with Crippen LogP contribution in [0.1, 0.15) is 43.0 Å². The van der Waals surface area contributed by atoms with Gasteiger partial charge in [0.2, 0.25) is 5.95 Å². The molecule has 2 aromatic heterocycles. The zero-order valence-corrected chi connectivity index (χ0v) is 19.5. The van der Waals surface area contributed by atoms with E-state index in [1.165, 1.54) is 6.42 Å². The van der Waals surface area contributed by atoms with Crippen LogP contribution in [0.5, 0.6) is 0 Å². The first-order valence-electron chi connectivity index (χ1n) is 11.7. The molecule has 0 radical (unpaired) electrons. The third-order valence-corrected chi connectivity index (χ3v) is 6.66. The van der Waals surface area contributed by atoms with E-state index in [2.05, 4.69) is 26.8 Å². The van der Waals surface area contributed by atoms with Crippen LogP contribution in [0.15, 0.2) is 30.5 Å². The minimum absolute atomic E-state index is 0.00799. The van der Waals surface area contributed by atoms with Crippen LogP contribution in [0.2, 0.25) is 0 Å². The molecule has 0 saturated carbocycles. The summed E-state index contributed by atoms with van der Waals surface area (Å²) in [6, 6.07) is 9.91. The highest BCUT2D eigenvalue weighted by Crippen LogP contribution is 2.41. The Hall–Kier alpha value is -3.48. The maximum absolute atomic E-state index is 9.98. The molecule has 1 aromatic carbocycles. The van der Waals surface area contributed by atoms with Crippen LogP contribution in [0.4, 0.5) is 17.5 Å². The van der Waals surface area contributed by atoms with Crippen LogP contribution < -0.4 is 10.6 Å². The Bertz CT molecular complexity index is 1240. The van der Waals surface area contributed by atoms with Crippen LogP contribution in [0, 0.1) is 18.3 Å². The molecule has 4 heterocycles. The maximum atomic E-state index is 9.98. The Labute approximate surface area is 198 Å². The van der Waals surface area contributed by atoms with Crippen LogP contribution >= 0.6 is 0 Å². The lowest BCUT2D eigenvalue weighted by Crippen LogP contribution is -2.28. The minimum atomic E-state index is -0.448. The fourth-order valence-electron chi connectivity index (χ4n) is 4.69. The number of fused-ring (bicyclic) bond motifs is 1. The van der Waals surface area contributed by atoms with Gasteiger partial charge in [0.15, 0.2) is 0 Å². The van der Waals surface area contributed by atoms with Crippen molar-refractivity contribution in [2.24, 2.45) is 0 Å². The second-order valence-corrected chi connectivity index (χ2v) is 9.36. The molecular weight excluding hydrogens is 430 g/mol. The average Bonchev–Trinajstić information content (AvgIpc) is 3.38. The number of hydrogen-bond donors (Lipinski definition) is 3. The SMILES string of the molecule is Cc1cc(Nc2nccc(-c3cc(C#N)c4c(c3)C(C)(CO)CN4)n2)n(CC2CCCCO2)n1. The lowest BCUT2D eigenvalue weighted by Gasteiger charge is -2.23.